The van der Waals surface area contributed by atoms with Gasteiger partial charge in [-0.2, -0.15) is 0 Å². The summed E-state index contributed by atoms with van der Waals surface area (Å²) in [6, 6.07) is 16.3. The minimum Gasteiger partial charge on any atom is -0.478 e. The summed E-state index contributed by atoms with van der Waals surface area (Å²) < 4.78 is 5.97. The lowest BCUT2D eigenvalue weighted by atomic mass is 10.0. The van der Waals surface area contributed by atoms with Crippen LogP contribution in [0.3, 0.4) is 0 Å². The zero-order valence-corrected chi connectivity index (χ0v) is 20.2. The monoisotopic (exact) mass is 475 g/mol. The molecule has 1 aromatic heterocycles. The molecular weight excluding hydrogens is 450 g/mol. The quantitative estimate of drug-likeness (QED) is 0.464. The number of hydrogen-bond acceptors (Lipinski definition) is 6. The topological polar surface area (TPSA) is 86.3 Å². The van der Waals surface area contributed by atoms with E-state index in [4.69, 9.17) is 9.52 Å². The van der Waals surface area contributed by atoms with Gasteiger partial charge in [-0.3, -0.25) is 9.69 Å². The molecule has 0 aliphatic carbocycles. The predicted molar refractivity (Wildman–Crippen MR) is 137 cm³/mol. The Morgan fingerprint density at radius 1 is 1.15 bits per heavy atom. The number of aryl methyl sites for hydroxylation is 1. The van der Waals surface area contributed by atoms with Gasteiger partial charge in [-0.25, -0.2) is 9.79 Å². The predicted octanol–water partition coefficient (Wildman–Crippen LogP) is 5.64. The number of anilines is 1. The minimum absolute atomic E-state index is 0.115. The molecule has 7 nitrogen and oxygen atoms in total. The van der Waals surface area contributed by atoms with Gasteiger partial charge in [-0.1, -0.05) is 6.07 Å². The van der Waals surface area contributed by atoms with E-state index < -0.39 is 5.97 Å². The van der Waals surface area contributed by atoms with Gasteiger partial charge >= 0.3 is 5.97 Å². The van der Waals surface area contributed by atoms with Gasteiger partial charge in [0.15, 0.2) is 5.17 Å². The lowest BCUT2D eigenvalue weighted by molar-refractivity contribution is -0.122. The smallest absolute Gasteiger partial charge is 0.335 e. The summed E-state index contributed by atoms with van der Waals surface area (Å²) in [5.74, 6) is 0.0677. The van der Waals surface area contributed by atoms with Gasteiger partial charge in [0.25, 0.3) is 5.91 Å². The summed E-state index contributed by atoms with van der Waals surface area (Å²) >= 11 is 1.32. The molecule has 1 fully saturated rings. The first-order valence-electron chi connectivity index (χ1n) is 10.8. The second-order valence-corrected chi connectivity index (χ2v) is 9.01. The van der Waals surface area contributed by atoms with E-state index in [1.54, 1.807) is 35.2 Å². The van der Waals surface area contributed by atoms with E-state index in [1.165, 1.54) is 11.8 Å². The number of amides is 1. The molecule has 0 unspecified atom stereocenters. The van der Waals surface area contributed by atoms with Crippen LogP contribution in [0.25, 0.3) is 17.4 Å². The van der Waals surface area contributed by atoms with E-state index in [1.807, 2.05) is 63.2 Å². The van der Waals surface area contributed by atoms with Crippen molar-refractivity contribution in [2.75, 3.05) is 25.5 Å². The van der Waals surface area contributed by atoms with Gasteiger partial charge in [-0.05, 0) is 79.7 Å². The maximum Gasteiger partial charge on any atom is 0.335 e. The molecule has 3 aromatic rings. The van der Waals surface area contributed by atoms with Crippen molar-refractivity contribution in [3.05, 3.63) is 76.4 Å². The van der Waals surface area contributed by atoms with Crippen molar-refractivity contribution >= 4 is 46.3 Å². The van der Waals surface area contributed by atoms with Crippen LogP contribution in [-0.2, 0) is 4.79 Å². The summed E-state index contributed by atoms with van der Waals surface area (Å²) in [7, 11) is 3.96. The van der Waals surface area contributed by atoms with Crippen LogP contribution in [0.5, 0.6) is 0 Å². The Morgan fingerprint density at radius 2 is 1.88 bits per heavy atom. The third-order valence-electron chi connectivity index (χ3n) is 5.43. The first kappa shape index (κ1) is 23.4. The molecule has 0 bridgehead atoms. The van der Waals surface area contributed by atoms with E-state index in [9.17, 15) is 9.59 Å². The van der Waals surface area contributed by atoms with Crippen LogP contribution in [0.4, 0.5) is 11.4 Å². The van der Waals surface area contributed by atoms with Crippen molar-refractivity contribution in [3.8, 4) is 11.3 Å². The van der Waals surface area contributed by atoms with Gasteiger partial charge in [0.1, 0.15) is 11.5 Å². The number of furan rings is 1. The summed E-state index contributed by atoms with van der Waals surface area (Å²) in [4.78, 5) is 33.0. The fourth-order valence-electron chi connectivity index (χ4n) is 3.58. The Morgan fingerprint density at radius 3 is 2.50 bits per heavy atom. The number of benzene rings is 2. The molecule has 0 saturated carbocycles. The van der Waals surface area contributed by atoms with E-state index in [2.05, 4.69) is 4.99 Å². The van der Waals surface area contributed by atoms with Crippen LogP contribution in [0.1, 0.15) is 28.6 Å². The number of rotatable bonds is 6. The molecule has 1 saturated heterocycles. The Kier molecular flexibility index (Phi) is 6.61. The fraction of sp³-hybridized carbons (Fsp3) is 0.192. The third-order valence-corrected chi connectivity index (χ3v) is 6.44. The highest BCUT2D eigenvalue weighted by Gasteiger charge is 2.32. The average molecular weight is 476 g/mol. The number of nitrogens with zero attached hydrogens (tertiary/aromatic N) is 3. The molecule has 8 heteroatoms. The lowest BCUT2D eigenvalue weighted by Crippen LogP contribution is -2.28. The number of carbonyl (C=O) groups excluding carboxylic acids is 1. The maximum atomic E-state index is 13.0. The standard InChI is InChI=1S/C26H25N3O4S/c1-5-29-24(30)23(34-26(29)27-18-7-9-19(10-8-18)28(3)4)15-20-11-13-22(33-20)21-12-6-17(25(31)32)14-16(21)2/h6-15H,5H2,1-4H3,(H,31,32)/b23-15-,27-26?. The SMILES string of the molecule is CCN1C(=O)/C(=C/c2ccc(-c3ccc(C(=O)O)cc3C)o2)SC1=Nc1ccc(N(C)C)cc1. The molecule has 34 heavy (non-hydrogen) atoms. The Balaban J connectivity index is 1.58. The van der Waals surface area contributed by atoms with Crippen LogP contribution in [0.2, 0.25) is 0 Å². The number of carbonyl (C=O) groups is 2. The molecule has 2 aromatic carbocycles. The van der Waals surface area contributed by atoms with E-state index in [0.717, 1.165) is 22.5 Å². The fourth-order valence-corrected chi connectivity index (χ4v) is 4.63. The number of hydrogen-bond donors (Lipinski definition) is 1. The number of thioether (sulfide) groups is 1. The highest BCUT2D eigenvalue weighted by Crippen LogP contribution is 2.35. The van der Waals surface area contributed by atoms with Crippen molar-refractivity contribution in [1.82, 2.24) is 4.90 Å². The molecule has 0 radical (unpaired) electrons. The summed E-state index contributed by atoms with van der Waals surface area (Å²) in [6.07, 6.45) is 1.72. The highest BCUT2D eigenvalue weighted by atomic mass is 32.2. The molecule has 4 rings (SSSR count). The Hall–Kier alpha value is -3.78. The molecule has 1 aliphatic heterocycles. The van der Waals surface area contributed by atoms with Crippen LogP contribution >= 0.6 is 11.8 Å². The summed E-state index contributed by atoms with van der Waals surface area (Å²) in [6.45, 7) is 4.27. The molecule has 1 N–H and O–H groups in total. The molecule has 1 aliphatic rings. The average Bonchev–Trinajstić information content (AvgIpc) is 3.38. The Bertz CT molecular complexity index is 1310. The zero-order chi connectivity index (χ0) is 24.4. The number of carboxylic acids is 1. The van der Waals surface area contributed by atoms with Crippen molar-refractivity contribution in [2.24, 2.45) is 4.99 Å². The number of likely N-dealkylation sites (N-methyl/N-ethyl adjacent to an activating group) is 1. The van der Waals surface area contributed by atoms with E-state index in [-0.39, 0.29) is 11.5 Å². The summed E-state index contributed by atoms with van der Waals surface area (Å²) in [5.41, 5.74) is 3.69. The van der Waals surface area contributed by atoms with Crippen LogP contribution in [-0.4, -0.2) is 47.7 Å². The Labute approximate surface area is 202 Å². The first-order valence-corrected chi connectivity index (χ1v) is 11.6. The van der Waals surface area contributed by atoms with Crippen LogP contribution < -0.4 is 4.90 Å². The number of carboxylic acid groups (broad SMARTS) is 1. The molecule has 2 heterocycles. The normalized spacial score (nSPS) is 16.0. The van der Waals surface area contributed by atoms with E-state index in [0.29, 0.717) is 28.1 Å². The summed E-state index contributed by atoms with van der Waals surface area (Å²) in [5, 5.41) is 9.80. The first-order chi connectivity index (χ1) is 16.3. The van der Waals surface area contributed by atoms with Crippen molar-refractivity contribution < 1.29 is 19.1 Å². The number of amidine groups is 1. The van der Waals surface area contributed by atoms with Gasteiger partial charge in [0.05, 0.1) is 16.2 Å². The van der Waals surface area contributed by atoms with Gasteiger partial charge in [0, 0.05) is 38.0 Å². The molecular formula is C26H25N3O4S. The van der Waals surface area contributed by atoms with E-state index >= 15 is 0 Å². The third kappa shape index (κ3) is 4.77. The van der Waals surface area contributed by atoms with Crippen molar-refractivity contribution in [3.63, 3.8) is 0 Å². The second kappa shape index (κ2) is 9.61. The van der Waals surface area contributed by atoms with Crippen LogP contribution in [0, 0.1) is 6.92 Å². The highest BCUT2D eigenvalue weighted by molar-refractivity contribution is 8.18. The number of aliphatic imine (C=N–C) groups is 1. The lowest BCUT2D eigenvalue weighted by Gasteiger charge is -2.13. The largest absolute Gasteiger partial charge is 0.478 e. The molecule has 0 spiro atoms. The molecule has 1 amide bonds. The maximum absolute atomic E-state index is 13.0. The van der Waals surface area contributed by atoms with Crippen LogP contribution in [0.15, 0.2) is 68.9 Å². The second-order valence-electron chi connectivity index (χ2n) is 8.00. The zero-order valence-electron chi connectivity index (χ0n) is 19.4. The van der Waals surface area contributed by atoms with Crippen molar-refractivity contribution in [2.45, 2.75) is 13.8 Å². The molecule has 0 atom stereocenters. The van der Waals surface area contributed by atoms with Gasteiger partial charge in [-0.15, -0.1) is 0 Å². The minimum atomic E-state index is -0.970. The van der Waals surface area contributed by atoms with Gasteiger partial charge < -0.3 is 14.4 Å². The number of aromatic carboxylic acids is 1. The van der Waals surface area contributed by atoms with Crippen molar-refractivity contribution in [1.29, 1.82) is 0 Å². The van der Waals surface area contributed by atoms with Gasteiger partial charge in [0.2, 0.25) is 0 Å². The molecule has 174 valence electrons.